The van der Waals surface area contributed by atoms with Crippen LogP contribution in [0.25, 0.3) is 0 Å². The summed E-state index contributed by atoms with van der Waals surface area (Å²) in [6.07, 6.45) is 2.91. The molecule has 24 heavy (non-hydrogen) atoms. The number of aliphatic carboxylic acids is 1. The van der Waals surface area contributed by atoms with Gasteiger partial charge in [-0.25, -0.2) is 0 Å². The smallest absolute Gasteiger partial charge is 0.307 e. The van der Waals surface area contributed by atoms with E-state index in [0.717, 1.165) is 12.8 Å². The summed E-state index contributed by atoms with van der Waals surface area (Å²) in [4.78, 5) is 23.9. The molecule has 2 atom stereocenters. The van der Waals surface area contributed by atoms with E-state index >= 15 is 0 Å². The Kier molecular flexibility index (Phi) is 7.06. The van der Waals surface area contributed by atoms with E-state index in [-0.39, 0.29) is 5.91 Å². The maximum atomic E-state index is 12.6. The van der Waals surface area contributed by atoms with Crippen LogP contribution in [0, 0.1) is 11.8 Å². The molecule has 0 heterocycles. The molecule has 2 N–H and O–H groups in total. The van der Waals surface area contributed by atoms with Gasteiger partial charge in [0, 0.05) is 6.61 Å². The van der Waals surface area contributed by atoms with E-state index in [1.807, 2.05) is 13.0 Å². The molecule has 0 saturated heterocycles. The number of amides is 1. The third-order valence-electron chi connectivity index (χ3n) is 4.25. The highest BCUT2D eigenvalue weighted by Gasteiger charge is 2.35. The predicted octanol–water partition coefficient (Wildman–Crippen LogP) is 2.93. The summed E-state index contributed by atoms with van der Waals surface area (Å²) in [5.41, 5.74) is 0.564. The second-order valence-electron chi connectivity index (χ2n) is 5.87. The van der Waals surface area contributed by atoms with Gasteiger partial charge in [-0.3, -0.25) is 9.59 Å². The van der Waals surface area contributed by atoms with Gasteiger partial charge in [0.25, 0.3) is 0 Å². The number of hydrogen-bond donors (Lipinski definition) is 2. The fraction of sp³-hybridized carbons (Fsp3) is 0.556. The Morgan fingerprint density at radius 1 is 1.17 bits per heavy atom. The van der Waals surface area contributed by atoms with Crippen molar-refractivity contribution in [3.8, 4) is 5.75 Å². The Bertz CT molecular complexity index is 560. The monoisotopic (exact) mass is 335 g/mol. The van der Waals surface area contributed by atoms with E-state index in [0.29, 0.717) is 44.1 Å². The van der Waals surface area contributed by atoms with E-state index in [1.165, 1.54) is 0 Å². The largest absolute Gasteiger partial charge is 0.489 e. The molecule has 1 saturated carbocycles. The van der Waals surface area contributed by atoms with E-state index in [9.17, 15) is 14.7 Å². The third-order valence-corrected chi connectivity index (χ3v) is 4.25. The van der Waals surface area contributed by atoms with E-state index in [1.54, 1.807) is 18.2 Å². The van der Waals surface area contributed by atoms with Crippen LogP contribution in [0.5, 0.6) is 5.75 Å². The third kappa shape index (κ3) is 4.96. The van der Waals surface area contributed by atoms with Gasteiger partial charge in [0.2, 0.25) is 5.91 Å². The van der Waals surface area contributed by atoms with Crippen LogP contribution in [-0.4, -0.2) is 36.8 Å². The number of carbonyl (C=O) groups excluding carboxylic acids is 1. The second kappa shape index (κ2) is 9.27. The minimum Gasteiger partial charge on any atom is -0.489 e. The molecule has 0 radical (unpaired) electrons. The second-order valence-corrected chi connectivity index (χ2v) is 5.87. The van der Waals surface area contributed by atoms with Crippen LogP contribution in [-0.2, 0) is 14.3 Å². The number of ether oxygens (including phenoxy) is 2. The molecule has 2 rings (SSSR count). The molecule has 6 nitrogen and oxygen atoms in total. The molecule has 0 aliphatic heterocycles. The Balaban J connectivity index is 2.01. The van der Waals surface area contributed by atoms with Crippen LogP contribution >= 0.6 is 0 Å². The lowest BCUT2D eigenvalue weighted by Crippen LogP contribution is -2.36. The van der Waals surface area contributed by atoms with Gasteiger partial charge in [-0.05, 0) is 31.9 Å². The number of nitrogens with one attached hydrogen (secondary N) is 1. The average molecular weight is 335 g/mol. The highest BCUT2D eigenvalue weighted by Crippen LogP contribution is 2.32. The van der Waals surface area contributed by atoms with Gasteiger partial charge >= 0.3 is 5.97 Å². The molecule has 1 aromatic carbocycles. The highest BCUT2D eigenvalue weighted by atomic mass is 16.5. The predicted molar refractivity (Wildman–Crippen MR) is 90.1 cm³/mol. The summed E-state index contributed by atoms with van der Waals surface area (Å²) >= 11 is 0. The zero-order valence-electron chi connectivity index (χ0n) is 14.0. The summed E-state index contributed by atoms with van der Waals surface area (Å²) in [5.74, 6) is -1.68. The number of carboxylic acid groups (broad SMARTS) is 1. The molecule has 1 aliphatic rings. The maximum absolute atomic E-state index is 12.6. The molecule has 1 aliphatic carbocycles. The van der Waals surface area contributed by atoms with Crippen molar-refractivity contribution in [3.63, 3.8) is 0 Å². The van der Waals surface area contributed by atoms with Gasteiger partial charge in [-0.15, -0.1) is 0 Å². The standard InChI is InChI=1S/C18H25NO5/c1-2-23-11-12-24-16-10-6-5-9-15(16)19-17(20)13-7-3-4-8-14(13)18(21)22/h5-6,9-10,13-14H,2-4,7-8,11-12H2,1H3,(H,19,20)(H,21,22). The normalized spacial score (nSPS) is 20.4. The Labute approximate surface area is 142 Å². The summed E-state index contributed by atoms with van der Waals surface area (Å²) in [6.45, 7) is 3.40. The molecule has 1 fully saturated rings. The summed E-state index contributed by atoms with van der Waals surface area (Å²) in [7, 11) is 0. The van der Waals surface area contributed by atoms with Crippen LogP contribution in [0.2, 0.25) is 0 Å². The number of benzene rings is 1. The first-order valence-electron chi connectivity index (χ1n) is 8.46. The zero-order valence-corrected chi connectivity index (χ0v) is 14.0. The van der Waals surface area contributed by atoms with Gasteiger partial charge in [-0.2, -0.15) is 0 Å². The van der Waals surface area contributed by atoms with Crippen molar-refractivity contribution in [2.75, 3.05) is 25.1 Å². The molecule has 1 aromatic rings. The fourth-order valence-electron chi connectivity index (χ4n) is 3.02. The molecule has 0 aromatic heterocycles. The van der Waals surface area contributed by atoms with Gasteiger partial charge in [0.1, 0.15) is 12.4 Å². The number of rotatable bonds is 8. The first-order valence-corrected chi connectivity index (χ1v) is 8.46. The minimum atomic E-state index is -0.893. The fourth-order valence-corrected chi connectivity index (χ4v) is 3.02. The number of carbonyl (C=O) groups is 2. The molecule has 0 bridgehead atoms. The van der Waals surface area contributed by atoms with Crippen molar-refractivity contribution >= 4 is 17.6 Å². The molecule has 2 unspecified atom stereocenters. The molecular formula is C18H25NO5. The molecular weight excluding hydrogens is 310 g/mol. The van der Waals surface area contributed by atoms with Gasteiger partial charge in [0.05, 0.1) is 24.1 Å². The molecule has 1 amide bonds. The quantitative estimate of drug-likeness (QED) is 0.714. The highest BCUT2D eigenvalue weighted by molar-refractivity contribution is 5.96. The lowest BCUT2D eigenvalue weighted by atomic mass is 9.78. The first kappa shape index (κ1) is 18.3. The van der Waals surface area contributed by atoms with Gasteiger partial charge in [-0.1, -0.05) is 25.0 Å². The van der Waals surface area contributed by atoms with Crippen molar-refractivity contribution in [1.29, 1.82) is 0 Å². The van der Waals surface area contributed by atoms with Gasteiger partial charge < -0.3 is 19.9 Å². The van der Waals surface area contributed by atoms with Crippen LogP contribution < -0.4 is 10.1 Å². The van der Waals surface area contributed by atoms with Crippen molar-refractivity contribution in [2.45, 2.75) is 32.6 Å². The minimum absolute atomic E-state index is 0.247. The van der Waals surface area contributed by atoms with Crippen molar-refractivity contribution in [2.24, 2.45) is 11.8 Å². The summed E-state index contributed by atoms with van der Waals surface area (Å²) in [5, 5.41) is 12.2. The maximum Gasteiger partial charge on any atom is 0.307 e. The van der Waals surface area contributed by atoms with E-state index in [2.05, 4.69) is 5.32 Å². The average Bonchev–Trinajstić information content (AvgIpc) is 2.60. The zero-order chi connectivity index (χ0) is 17.4. The Hall–Kier alpha value is -2.08. The van der Waals surface area contributed by atoms with Crippen molar-refractivity contribution in [3.05, 3.63) is 24.3 Å². The number of carboxylic acids is 1. The van der Waals surface area contributed by atoms with Crippen LogP contribution in [0.3, 0.4) is 0 Å². The van der Waals surface area contributed by atoms with Crippen LogP contribution in [0.15, 0.2) is 24.3 Å². The Morgan fingerprint density at radius 2 is 1.88 bits per heavy atom. The molecule has 0 spiro atoms. The number of hydrogen-bond acceptors (Lipinski definition) is 4. The number of anilines is 1. The van der Waals surface area contributed by atoms with Crippen molar-refractivity contribution < 1.29 is 24.2 Å². The van der Waals surface area contributed by atoms with Crippen LogP contribution in [0.1, 0.15) is 32.6 Å². The van der Waals surface area contributed by atoms with E-state index in [4.69, 9.17) is 9.47 Å². The van der Waals surface area contributed by atoms with Crippen LogP contribution in [0.4, 0.5) is 5.69 Å². The lowest BCUT2D eigenvalue weighted by Gasteiger charge is -2.27. The molecule has 6 heteroatoms. The number of para-hydroxylation sites is 2. The summed E-state index contributed by atoms with van der Waals surface area (Å²) < 4.78 is 10.9. The summed E-state index contributed by atoms with van der Waals surface area (Å²) in [6, 6.07) is 7.16. The van der Waals surface area contributed by atoms with Crippen molar-refractivity contribution in [1.82, 2.24) is 0 Å². The lowest BCUT2D eigenvalue weighted by molar-refractivity contribution is -0.147. The topological polar surface area (TPSA) is 84.9 Å². The van der Waals surface area contributed by atoms with E-state index < -0.39 is 17.8 Å². The molecule has 132 valence electrons. The SMILES string of the molecule is CCOCCOc1ccccc1NC(=O)C1CCCCC1C(=O)O. The first-order chi connectivity index (χ1) is 11.6. The van der Waals surface area contributed by atoms with Gasteiger partial charge in [0.15, 0.2) is 0 Å². The Morgan fingerprint density at radius 3 is 2.58 bits per heavy atom.